The molecule has 0 fully saturated rings. The summed E-state index contributed by atoms with van der Waals surface area (Å²) in [5, 5.41) is 11.8. The fourth-order valence-electron chi connectivity index (χ4n) is 1.43. The van der Waals surface area contributed by atoms with Crippen LogP contribution in [0.3, 0.4) is 0 Å². The number of hydrogen-bond acceptors (Lipinski definition) is 3. The number of rotatable bonds is 6. The van der Waals surface area contributed by atoms with Crippen LogP contribution < -0.4 is 5.32 Å². The molecule has 0 saturated heterocycles. The van der Waals surface area contributed by atoms with Gasteiger partial charge in [-0.15, -0.1) is 0 Å². The van der Waals surface area contributed by atoms with Gasteiger partial charge in [-0.3, -0.25) is 4.79 Å². The number of ketones is 1. The SMILES string of the molecule is CNC(CO)CC(=O)Cc1ccccc1. The molecule has 1 atom stereocenters. The molecular weight excluding hydrogens is 190 g/mol. The second kappa shape index (κ2) is 6.32. The molecule has 1 unspecified atom stereocenters. The molecule has 0 aliphatic heterocycles. The number of aliphatic hydroxyl groups excluding tert-OH is 1. The van der Waals surface area contributed by atoms with Crippen LogP contribution in [0.2, 0.25) is 0 Å². The lowest BCUT2D eigenvalue weighted by Gasteiger charge is -2.11. The van der Waals surface area contributed by atoms with Crippen molar-refractivity contribution in [3.05, 3.63) is 35.9 Å². The van der Waals surface area contributed by atoms with Crippen molar-refractivity contribution in [2.24, 2.45) is 0 Å². The van der Waals surface area contributed by atoms with Crippen molar-refractivity contribution < 1.29 is 9.90 Å². The third-order valence-corrected chi connectivity index (χ3v) is 2.35. The van der Waals surface area contributed by atoms with Gasteiger partial charge in [-0.05, 0) is 12.6 Å². The summed E-state index contributed by atoms with van der Waals surface area (Å²) in [4.78, 5) is 11.6. The minimum absolute atomic E-state index is 0.00295. The van der Waals surface area contributed by atoms with Gasteiger partial charge in [0.25, 0.3) is 0 Å². The van der Waals surface area contributed by atoms with Gasteiger partial charge in [-0.2, -0.15) is 0 Å². The van der Waals surface area contributed by atoms with E-state index in [1.54, 1.807) is 7.05 Å². The Kier molecular flexibility index (Phi) is 5.01. The summed E-state index contributed by atoms with van der Waals surface area (Å²) in [7, 11) is 1.75. The molecule has 1 aromatic carbocycles. The van der Waals surface area contributed by atoms with Crippen LogP contribution in [0, 0.1) is 0 Å². The molecule has 2 N–H and O–H groups in total. The summed E-state index contributed by atoms with van der Waals surface area (Å²) in [5.41, 5.74) is 1.02. The topological polar surface area (TPSA) is 49.3 Å². The Hall–Kier alpha value is -1.19. The van der Waals surface area contributed by atoms with Crippen molar-refractivity contribution in [1.29, 1.82) is 0 Å². The van der Waals surface area contributed by atoms with Gasteiger partial charge in [-0.1, -0.05) is 30.3 Å². The van der Waals surface area contributed by atoms with Gasteiger partial charge in [0.1, 0.15) is 5.78 Å². The smallest absolute Gasteiger partial charge is 0.138 e. The Morgan fingerprint density at radius 2 is 2.07 bits per heavy atom. The summed E-state index contributed by atoms with van der Waals surface area (Å²) in [6, 6.07) is 9.52. The average molecular weight is 207 g/mol. The lowest BCUT2D eigenvalue weighted by Crippen LogP contribution is -2.31. The minimum atomic E-state index is -0.124. The number of benzene rings is 1. The van der Waals surface area contributed by atoms with Crippen LogP contribution in [-0.2, 0) is 11.2 Å². The van der Waals surface area contributed by atoms with Crippen LogP contribution in [0.4, 0.5) is 0 Å². The highest BCUT2D eigenvalue weighted by atomic mass is 16.3. The Balaban J connectivity index is 2.43. The molecule has 0 aliphatic carbocycles. The van der Waals surface area contributed by atoms with Gasteiger partial charge >= 0.3 is 0 Å². The maximum absolute atomic E-state index is 11.6. The maximum Gasteiger partial charge on any atom is 0.138 e. The van der Waals surface area contributed by atoms with Gasteiger partial charge < -0.3 is 10.4 Å². The van der Waals surface area contributed by atoms with Crippen molar-refractivity contribution in [3.8, 4) is 0 Å². The van der Waals surface area contributed by atoms with E-state index in [1.807, 2.05) is 30.3 Å². The monoisotopic (exact) mass is 207 g/mol. The van der Waals surface area contributed by atoms with Gasteiger partial charge in [-0.25, -0.2) is 0 Å². The molecule has 0 spiro atoms. The summed E-state index contributed by atoms with van der Waals surface area (Å²) in [6.07, 6.45) is 0.820. The zero-order chi connectivity index (χ0) is 11.1. The molecule has 1 aromatic rings. The lowest BCUT2D eigenvalue weighted by molar-refractivity contribution is -0.119. The fourth-order valence-corrected chi connectivity index (χ4v) is 1.43. The van der Waals surface area contributed by atoms with Crippen molar-refractivity contribution in [2.45, 2.75) is 18.9 Å². The van der Waals surface area contributed by atoms with E-state index in [1.165, 1.54) is 0 Å². The molecular formula is C12H17NO2. The first kappa shape index (κ1) is 11.9. The van der Waals surface area contributed by atoms with Crippen molar-refractivity contribution in [1.82, 2.24) is 5.32 Å². The number of aliphatic hydroxyl groups is 1. The van der Waals surface area contributed by atoms with Crippen LogP contribution in [0.1, 0.15) is 12.0 Å². The predicted molar refractivity (Wildman–Crippen MR) is 59.7 cm³/mol. The van der Waals surface area contributed by atoms with E-state index in [4.69, 9.17) is 5.11 Å². The van der Waals surface area contributed by atoms with E-state index < -0.39 is 0 Å². The molecule has 0 bridgehead atoms. The molecule has 15 heavy (non-hydrogen) atoms. The first-order chi connectivity index (χ1) is 7.26. The highest BCUT2D eigenvalue weighted by Gasteiger charge is 2.10. The third-order valence-electron chi connectivity index (χ3n) is 2.35. The highest BCUT2D eigenvalue weighted by Crippen LogP contribution is 2.03. The van der Waals surface area contributed by atoms with E-state index in [2.05, 4.69) is 5.32 Å². The number of carbonyl (C=O) groups excluding carboxylic acids is 1. The Bertz CT molecular complexity index is 294. The highest BCUT2D eigenvalue weighted by molar-refractivity contribution is 5.81. The van der Waals surface area contributed by atoms with Crippen LogP contribution in [0.15, 0.2) is 30.3 Å². The summed E-state index contributed by atoms with van der Waals surface area (Å²) < 4.78 is 0. The molecule has 1 rings (SSSR count). The van der Waals surface area contributed by atoms with Gasteiger partial charge in [0.2, 0.25) is 0 Å². The number of Topliss-reactive ketones (excluding diaryl/α,β-unsaturated/α-hetero) is 1. The van der Waals surface area contributed by atoms with E-state index in [-0.39, 0.29) is 18.4 Å². The molecule has 82 valence electrons. The number of carbonyl (C=O) groups is 1. The van der Waals surface area contributed by atoms with Crippen LogP contribution in [0.5, 0.6) is 0 Å². The van der Waals surface area contributed by atoms with Gasteiger partial charge in [0.15, 0.2) is 0 Å². The van der Waals surface area contributed by atoms with E-state index in [0.717, 1.165) is 5.56 Å². The standard InChI is InChI=1S/C12H17NO2/c1-13-11(9-14)8-12(15)7-10-5-3-2-4-6-10/h2-6,11,13-14H,7-9H2,1H3. The number of hydrogen-bond donors (Lipinski definition) is 2. The largest absolute Gasteiger partial charge is 0.395 e. The molecule has 0 amide bonds. The zero-order valence-corrected chi connectivity index (χ0v) is 8.94. The van der Waals surface area contributed by atoms with E-state index in [0.29, 0.717) is 12.8 Å². The molecule has 3 nitrogen and oxygen atoms in total. The quantitative estimate of drug-likeness (QED) is 0.724. The maximum atomic E-state index is 11.6. The second-order valence-electron chi connectivity index (χ2n) is 3.57. The summed E-state index contributed by atoms with van der Waals surface area (Å²) in [6.45, 7) is -0.00295. The molecule has 0 aliphatic rings. The van der Waals surface area contributed by atoms with Crippen LogP contribution in [-0.4, -0.2) is 30.6 Å². The summed E-state index contributed by atoms with van der Waals surface area (Å²) in [5.74, 6) is 0.148. The zero-order valence-electron chi connectivity index (χ0n) is 8.94. The van der Waals surface area contributed by atoms with E-state index in [9.17, 15) is 4.79 Å². The van der Waals surface area contributed by atoms with Crippen molar-refractivity contribution in [3.63, 3.8) is 0 Å². The summed E-state index contributed by atoms with van der Waals surface area (Å²) >= 11 is 0. The normalized spacial score (nSPS) is 12.4. The van der Waals surface area contributed by atoms with Crippen molar-refractivity contribution >= 4 is 5.78 Å². The minimum Gasteiger partial charge on any atom is -0.395 e. The lowest BCUT2D eigenvalue weighted by atomic mass is 10.0. The Morgan fingerprint density at radius 3 is 2.60 bits per heavy atom. The molecule has 0 saturated carbocycles. The number of likely N-dealkylation sites (N-methyl/N-ethyl adjacent to an activating group) is 1. The second-order valence-corrected chi connectivity index (χ2v) is 3.57. The van der Waals surface area contributed by atoms with E-state index >= 15 is 0 Å². The fraction of sp³-hybridized carbons (Fsp3) is 0.417. The first-order valence-corrected chi connectivity index (χ1v) is 5.10. The Labute approximate surface area is 90.1 Å². The molecule has 3 heteroatoms. The van der Waals surface area contributed by atoms with Gasteiger partial charge in [0, 0.05) is 18.9 Å². The Morgan fingerprint density at radius 1 is 1.40 bits per heavy atom. The molecule has 0 heterocycles. The average Bonchev–Trinajstić information content (AvgIpc) is 2.27. The molecule has 0 aromatic heterocycles. The van der Waals surface area contributed by atoms with Crippen LogP contribution in [0.25, 0.3) is 0 Å². The molecule has 0 radical (unpaired) electrons. The van der Waals surface area contributed by atoms with Gasteiger partial charge in [0.05, 0.1) is 6.61 Å². The first-order valence-electron chi connectivity index (χ1n) is 5.10. The third kappa shape index (κ3) is 4.23. The predicted octanol–water partition coefficient (Wildman–Crippen LogP) is 0.769. The number of nitrogens with one attached hydrogen (secondary N) is 1. The van der Waals surface area contributed by atoms with Crippen molar-refractivity contribution in [2.75, 3.05) is 13.7 Å². The van der Waals surface area contributed by atoms with Crippen LogP contribution >= 0.6 is 0 Å².